The van der Waals surface area contributed by atoms with Gasteiger partial charge in [0, 0.05) is 6.54 Å². The van der Waals surface area contributed by atoms with Gasteiger partial charge in [-0.15, -0.1) is 0 Å². The highest BCUT2D eigenvalue weighted by Crippen LogP contribution is 2.28. The zero-order chi connectivity index (χ0) is 13.5. The van der Waals surface area contributed by atoms with Crippen LogP contribution in [-0.4, -0.2) is 11.7 Å². The zero-order valence-corrected chi connectivity index (χ0v) is 11.5. The van der Waals surface area contributed by atoms with Gasteiger partial charge in [-0.1, -0.05) is 30.3 Å². The number of nitrogens with one attached hydrogen (secondary N) is 2. The molecule has 3 nitrogen and oxygen atoms in total. The van der Waals surface area contributed by atoms with Crippen molar-refractivity contribution in [3.05, 3.63) is 54.6 Å². The van der Waals surface area contributed by atoms with E-state index >= 15 is 0 Å². The van der Waals surface area contributed by atoms with Crippen LogP contribution in [0.4, 0.5) is 5.69 Å². The molecule has 0 amide bonds. The van der Waals surface area contributed by atoms with Gasteiger partial charge in [-0.25, -0.2) is 0 Å². The molecule has 2 aromatic carbocycles. The van der Waals surface area contributed by atoms with Crippen LogP contribution in [0.25, 0.3) is 0 Å². The summed E-state index contributed by atoms with van der Waals surface area (Å²) in [6.45, 7) is 2.79. The third kappa shape index (κ3) is 3.96. The number of benzene rings is 2. The van der Waals surface area contributed by atoms with Crippen LogP contribution < -0.4 is 15.4 Å². The molecule has 0 saturated heterocycles. The van der Waals surface area contributed by atoms with E-state index in [1.54, 1.807) is 0 Å². The van der Waals surface area contributed by atoms with Crippen LogP contribution in [0, 0.1) is 0 Å². The van der Waals surface area contributed by atoms with Crippen LogP contribution in [0.5, 0.6) is 11.5 Å². The summed E-state index contributed by atoms with van der Waals surface area (Å²) in [5.41, 5.74) is 0.845. The van der Waals surface area contributed by atoms with Gasteiger partial charge in [0.05, 0.1) is 5.69 Å². The van der Waals surface area contributed by atoms with Gasteiger partial charge in [-0.2, -0.15) is 0 Å². The quantitative estimate of drug-likeness (QED) is 0.830. The Bertz CT molecular complexity index is 543. The van der Waals surface area contributed by atoms with Crippen LogP contribution >= 0.6 is 12.2 Å². The van der Waals surface area contributed by atoms with Crippen molar-refractivity contribution >= 4 is 23.0 Å². The summed E-state index contributed by atoms with van der Waals surface area (Å²) >= 11 is 5.18. The summed E-state index contributed by atoms with van der Waals surface area (Å²) in [7, 11) is 0. The molecule has 0 bridgehead atoms. The molecule has 0 radical (unpaired) electrons. The number of hydrogen-bond donors (Lipinski definition) is 2. The predicted molar refractivity (Wildman–Crippen MR) is 82.9 cm³/mol. The first-order valence-electron chi connectivity index (χ1n) is 6.16. The molecular weight excluding hydrogens is 256 g/mol. The molecule has 2 rings (SSSR count). The summed E-state index contributed by atoms with van der Waals surface area (Å²) in [6.07, 6.45) is 0. The molecule has 0 spiro atoms. The van der Waals surface area contributed by atoms with Gasteiger partial charge < -0.3 is 15.4 Å². The minimum atomic E-state index is 0.589. The third-order valence-electron chi connectivity index (χ3n) is 2.44. The lowest BCUT2D eigenvalue weighted by atomic mass is 10.3. The average Bonchev–Trinajstić information content (AvgIpc) is 2.42. The fourth-order valence-corrected chi connectivity index (χ4v) is 1.86. The lowest BCUT2D eigenvalue weighted by molar-refractivity contribution is 0.485. The number of ether oxygens (including phenoxy) is 1. The second-order valence-corrected chi connectivity index (χ2v) is 4.30. The highest BCUT2D eigenvalue weighted by molar-refractivity contribution is 7.80. The Balaban J connectivity index is 2.14. The van der Waals surface area contributed by atoms with E-state index in [0.717, 1.165) is 23.7 Å². The van der Waals surface area contributed by atoms with Gasteiger partial charge in [0.1, 0.15) is 5.75 Å². The smallest absolute Gasteiger partial charge is 0.170 e. The predicted octanol–water partition coefficient (Wildman–Crippen LogP) is 3.79. The molecule has 2 aromatic rings. The van der Waals surface area contributed by atoms with Crippen molar-refractivity contribution in [3.63, 3.8) is 0 Å². The third-order valence-corrected chi connectivity index (χ3v) is 2.69. The van der Waals surface area contributed by atoms with Gasteiger partial charge in [0.25, 0.3) is 0 Å². The maximum absolute atomic E-state index is 5.84. The Hall–Kier alpha value is -2.07. The fourth-order valence-electron chi connectivity index (χ4n) is 1.60. The van der Waals surface area contributed by atoms with Crippen molar-refractivity contribution in [1.82, 2.24) is 5.32 Å². The van der Waals surface area contributed by atoms with Crippen molar-refractivity contribution in [2.75, 3.05) is 11.9 Å². The number of thiocarbonyl (C=S) groups is 1. The number of hydrogen-bond acceptors (Lipinski definition) is 2. The van der Waals surface area contributed by atoms with Gasteiger partial charge in [-0.3, -0.25) is 0 Å². The standard InChI is InChI=1S/C15H16N2OS/c1-2-16-15(19)17-13-10-6-7-11-14(13)18-12-8-4-3-5-9-12/h3-11H,2H2,1H3,(H2,16,17,19). The lowest BCUT2D eigenvalue weighted by Gasteiger charge is -2.13. The minimum absolute atomic E-state index is 0.589. The summed E-state index contributed by atoms with van der Waals surface area (Å²) < 4.78 is 5.84. The summed E-state index contributed by atoms with van der Waals surface area (Å²) in [4.78, 5) is 0. The van der Waals surface area contributed by atoms with Crippen LogP contribution in [-0.2, 0) is 0 Å². The largest absolute Gasteiger partial charge is 0.455 e. The van der Waals surface area contributed by atoms with Crippen molar-refractivity contribution in [3.8, 4) is 11.5 Å². The molecule has 0 aliphatic carbocycles. The SMILES string of the molecule is CCNC(=S)Nc1ccccc1Oc1ccccc1. The van der Waals surface area contributed by atoms with E-state index in [1.807, 2.05) is 61.5 Å². The maximum atomic E-state index is 5.84. The molecule has 19 heavy (non-hydrogen) atoms. The zero-order valence-electron chi connectivity index (χ0n) is 10.7. The van der Waals surface area contributed by atoms with E-state index in [-0.39, 0.29) is 0 Å². The van der Waals surface area contributed by atoms with E-state index in [2.05, 4.69) is 10.6 Å². The highest BCUT2D eigenvalue weighted by Gasteiger charge is 2.05. The van der Waals surface area contributed by atoms with Crippen molar-refractivity contribution in [1.29, 1.82) is 0 Å². The number of para-hydroxylation sites is 3. The van der Waals surface area contributed by atoms with E-state index in [0.29, 0.717) is 5.11 Å². The monoisotopic (exact) mass is 272 g/mol. The molecule has 0 heterocycles. The minimum Gasteiger partial charge on any atom is -0.455 e. The van der Waals surface area contributed by atoms with Gasteiger partial charge in [-0.05, 0) is 43.4 Å². The molecule has 0 unspecified atom stereocenters. The van der Waals surface area contributed by atoms with Gasteiger partial charge in [0.2, 0.25) is 0 Å². The molecule has 4 heteroatoms. The topological polar surface area (TPSA) is 33.3 Å². The Morgan fingerprint density at radius 3 is 2.47 bits per heavy atom. The van der Waals surface area contributed by atoms with E-state index in [9.17, 15) is 0 Å². The molecule has 0 atom stereocenters. The Kier molecular flexibility index (Phi) is 4.75. The number of anilines is 1. The maximum Gasteiger partial charge on any atom is 0.170 e. The van der Waals surface area contributed by atoms with Crippen LogP contribution in [0.15, 0.2) is 54.6 Å². The van der Waals surface area contributed by atoms with E-state index in [1.165, 1.54) is 0 Å². The molecule has 98 valence electrons. The second-order valence-electron chi connectivity index (χ2n) is 3.90. The van der Waals surface area contributed by atoms with E-state index in [4.69, 9.17) is 17.0 Å². The average molecular weight is 272 g/mol. The Labute approximate surface area is 118 Å². The Morgan fingerprint density at radius 1 is 1.05 bits per heavy atom. The summed E-state index contributed by atoms with van der Waals surface area (Å²) in [6, 6.07) is 17.4. The van der Waals surface area contributed by atoms with Gasteiger partial charge in [0.15, 0.2) is 10.9 Å². The van der Waals surface area contributed by atoms with Crippen LogP contribution in [0.1, 0.15) is 6.92 Å². The van der Waals surface area contributed by atoms with Crippen molar-refractivity contribution < 1.29 is 4.74 Å². The second kappa shape index (κ2) is 6.75. The molecule has 0 aliphatic rings. The fraction of sp³-hybridized carbons (Fsp3) is 0.133. The molecule has 0 aliphatic heterocycles. The van der Waals surface area contributed by atoms with Crippen LogP contribution in [0.2, 0.25) is 0 Å². The molecule has 0 aromatic heterocycles. The highest BCUT2D eigenvalue weighted by atomic mass is 32.1. The first-order valence-corrected chi connectivity index (χ1v) is 6.57. The molecular formula is C15H16N2OS. The lowest BCUT2D eigenvalue weighted by Crippen LogP contribution is -2.28. The summed E-state index contributed by atoms with van der Waals surface area (Å²) in [5, 5.41) is 6.77. The molecule has 2 N–H and O–H groups in total. The Morgan fingerprint density at radius 2 is 1.74 bits per heavy atom. The molecule has 0 fully saturated rings. The van der Waals surface area contributed by atoms with Crippen molar-refractivity contribution in [2.24, 2.45) is 0 Å². The van der Waals surface area contributed by atoms with E-state index < -0.39 is 0 Å². The number of rotatable bonds is 4. The summed E-state index contributed by atoms with van der Waals surface area (Å²) in [5.74, 6) is 1.54. The first-order chi connectivity index (χ1) is 9.29. The van der Waals surface area contributed by atoms with Crippen LogP contribution in [0.3, 0.4) is 0 Å². The molecule has 0 saturated carbocycles. The normalized spacial score (nSPS) is 9.74. The first kappa shape index (κ1) is 13.4. The van der Waals surface area contributed by atoms with Gasteiger partial charge >= 0.3 is 0 Å². The van der Waals surface area contributed by atoms with Crippen molar-refractivity contribution in [2.45, 2.75) is 6.92 Å².